The summed E-state index contributed by atoms with van der Waals surface area (Å²) in [7, 11) is 1.27. The maximum absolute atomic E-state index is 13.2. The van der Waals surface area contributed by atoms with E-state index in [1.54, 1.807) is 13.8 Å². The number of aryl methyl sites for hydroxylation is 1. The molecule has 0 fully saturated rings. The SMILES string of the molecule is CCC(C(=O)OC)n1nc(C)c2cnn(-c3ccc(F)cc3)c2c1=O. The molecule has 130 valence electrons. The van der Waals surface area contributed by atoms with E-state index < -0.39 is 17.6 Å². The minimum atomic E-state index is -0.822. The highest BCUT2D eigenvalue weighted by Gasteiger charge is 2.25. The first-order chi connectivity index (χ1) is 12.0. The number of rotatable bonds is 4. The molecule has 0 N–H and O–H groups in total. The van der Waals surface area contributed by atoms with Gasteiger partial charge in [0.2, 0.25) is 0 Å². The zero-order valence-electron chi connectivity index (χ0n) is 14.1. The molecule has 0 saturated carbocycles. The molecule has 3 aromatic rings. The number of hydrogen-bond donors (Lipinski definition) is 0. The van der Waals surface area contributed by atoms with Crippen LogP contribution >= 0.6 is 0 Å². The van der Waals surface area contributed by atoms with Gasteiger partial charge in [0.1, 0.15) is 11.3 Å². The number of esters is 1. The van der Waals surface area contributed by atoms with Gasteiger partial charge in [0.25, 0.3) is 5.56 Å². The van der Waals surface area contributed by atoms with Crippen molar-refractivity contribution in [3.8, 4) is 5.69 Å². The molecule has 0 aliphatic carbocycles. The lowest BCUT2D eigenvalue weighted by atomic mass is 10.2. The monoisotopic (exact) mass is 344 g/mol. The maximum atomic E-state index is 13.2. The quantitative estimate of drug-likeness (QED) is 0.678. The van der Waals surface area contributed by atoms with E-state index in [2.05, 4.69) is 10.2 Å². The lowest BCUT2D eigenvalue weighted by Crippen LogP contribution is -2.33. The molecule has 8 heteroatoms. The number of nitrogens with zero attached hydrogens (tertiary/aromatic N) is 4. The molecule has 0 aliphatic heterocycles. The van der Waals surface area contributed by atoms with E-state index in [4.69, 9.17) is 4.74 Å². The first kappa shape index (κ1) is 16.8. The molecular formula is C17H17FN4O3. The number of halogens is 1. The first-order valence-corrected chi connectivity index (χ1v) is 7.78. The van der Waals surface area contributed by atoms with Crippen molar-refractivity contribution in [3.05, 3.63) is 52.3 Å². The Kier molecular flexibility index (Phi) is 4.35. The molecule has 1 aromatic carbocycles. The molecule has 7 nitrogen and oxygen atoms in total. The van der Waals surface area contributed by atoms with Crippen LogP contribution < -0.4 is 5.56 Å². The normalized spacial score (nSPS) is 12.3. The summed E-state index contributed by atoms with van der Waals surface area (Å²) in [5, 5.41) is 9.06. The lowest BCUT2D eigenvalue weighted by Gasteiger charge is -2.15. The van der Waals surface area contributed by atoms with Crippen molar-refractivity contribution in [2.75, 3.05) is 7.11 Å². The van der Waals surface area contributed by atoms with Gasteiger partial charge in [-0.2, -0.15) is 10.2 Å². The molecule has 3 rings (SSSR count). The van der Waals surface area contributed by atoms with Gasteiger partial charge in [-0.3, -0.25) is 4.79 Å². The van der Waals surface area contributed by atoms with Crippen LogP contribution in [0.3, 0.4) is 0 Å². The average Bonchev–Trinajstić information content (AvgIpc) is 3.06. The lowest BCUT2D eigenvalue weighted by molar-refractivity contribution is -0.145. The molecule has 0 bridgehead atoms. The van der Waals surface area contributed by atoms with Gasteiger partial charge in [-0.25, -0.2) is 18.5 Å². The molecule has 1 atom stereocenters. The molecular weight excluding hydrogens is 327 g/mol. The van der Waals surface area contributed by atoms with Crippen LogP contribution in [0.4, 0.5) is 4.39 Å². The maximum Gasteiger partial charge on any atom is 0.330 e. The molecule has 2 heterocycles. The fourth-order valence-corrected chi connectivity index (χ4v) is 2.75. The number of ether oxygens (including phenoxy) is 1. The smallest absolute Gasteiger partial charge is 0.330 e. The van der Waals surface area contributed by atoms with Crippen LogP contribution in [0.1, 0.15) is 25.1 Å². The second-order valence-electron chi connectivity index (χ2n) is 5.58. The summed E-state index contributed by atoms with van der Waals surface area (Å²) in [5.41, 5.74) is 0.920. The number of benzene rings is 1. The predicted molar refractivity (Wildman–Crippen MR) is 89.2 cm³/mol. The summed E-state index contributed by atoms with van der Waals surface area (Å²) in [6, 6.07) is 4.81. The second kappa shape index (κ2) is 6.46. The molecule has 0 aliphatic rings. The Morgan fingerprint density at radius 1 is 1.32 bits per heavy atom. The number of carbonyl (C=O) groups excluding carboxylic acids is 1. The predicted octanol–water partition coefficient (Wildman–Crippen LogP) is 2.15. The van der Waals surface area contributed by atoms with Gasteiger partial charge in [-0.1, -0.05) is 6.92 Å². The van der Waals surface area contributed by atoms with Gasteiger partial charge >= 0.3 is 5.97 Å². The van der Waals surface area contributed by atoms with Crippen molar-refractivity contribution in [2.45, 2.75) is 26.3 Å². The molecule has 25 heavy (non-hydrogen) atoms. The van der Waals surface area contributed by atoms with E-state index in [1.807, 2.05) is 0 Å². The van der Waals surface area contributed by atoms with Crippen LogP contribution in [0.5, 0.6) is 0 Å². The third-order valence-electron chi connectivity index (χ3n) is 4.05. The summed E-state index contributed by atoms with van der Waals surface area (Å²) in [6.07, 6.45) is 1.89. The second-order valence-corrected chi connectivity index (χ2v) is 5.58. The third kappa shape index (κ3) is 2.79. The van der Waals surface area contributed by atoms with Gasteiger partial charge in [-0.05, 0) is 37.6 Å². The molecule has 0 amide bonds. The van der Waals surface area contributed by atoms with Crippen LogP contribution in [0.2, 0.25) is 0 Å². The van der Waals surface area contributed by atoms with Gasteiger partial charge in [0, 0.05) is 5.39 Å². The summed E-state index contributed by atoms with van der Waals surface area (Å²) < 4.78 is 20.5. The first-order valence-electron chi connectivity index (χ1n) is 7.78. The van der Waals surface area contributed by atoms with E-state index in [9.17, 15) is 14.0 Å². The van der Waals surface area contributed by atoms with Crippen molar-refractivity contribution in [3.63, 3.8) is 0 Å². The molecule has 0 radical (unpaired) electrons. The molecule has 1 unspecified atom stereocenters. The summed E-state index contributed by atoms with van der Waals surface area (Å²) >= 11 is 0. The zero-order chi connectivity index (χ0) is 18.1. The Labute approximate surface area is 142 Å². The summed E-state index contributed by atoms with van der Waals surface area (Å²) in [5.74, 6) is -0.920. The Morgan fingerprint density at radius 2 is 2.00 bits per heavy atom. The fraction of sp³-hybridized carbons (Fsp3) is 0.294. The van der Waals surface area contributed by atoms with Crippen molar-refractivity contribution in [2.24, 2.45) is 0 Å². The van der Waals surface area contributed by atoms with E-state index in [0.29, 0.717) is 23.2 Å². The highest BCUT2D eigenvalue weighted by Crippen LogP contribution is 2.19. The van der Waals surface area contributed by atoms with Crippen LogP contribution in [-0.2, 0) is 9.53 Å². The summed E-state index contributed by atoms with van der Waals surface area (Å²) in [4.78, 5) is 25.0. The van der Waals surface area contributed by atoms with Crippen LogP contribution in [0, 0.1) is 12.7 Å². The largest absolute Gasteiger partial charge is 0.467 e. The number of aromatic nitrogens is 4. The van der Waals surface area contributed by atoms with E-state index in [0.717, 1.165) is 4.68 Å². The standard InChI is InChI=1S/C17H17FN4O3/c1-4-14(17(24)25-3)22-16(23)15-13(10(2)20-22)9-19-21(15)12-7-5-11(18)6-8-12/h5-9,14H,4H2,1-3H3. The number of hydrogen-bond acceptors (Lipinski definition) is 5. The Hall–Kier alpha value is -3.03. The third-order valence-corrected chi connectivity index (χ3v) is 4.05. The van der Waals surface area contributed by atoms with Gasteiger partial charge in [0.15, 0.2) is 6.04 Å². The van der Waals surface area contributed by atoms with Crippen LogP contribution in [0.25, 0.3) is 16.6 Å². The number of methoxy groups -OCH3 is 1. The number of carbonyl (C=O) groups is 1. The van der Waals surface area contributed by atoms with Crippen molar-refractivity contribution in [1.82, 2.24) is 19.6 Å². The van der Waals surface area contributed by atoms with E-state index in [-0.39, 0.29) is 11.3 Å². The Morgan fingerprint density at radius 3 is 2.60 bits per heavy atom. The minimum Gasteiger partial charge on any atom is -0.467 e. The molecule has 2 aromatic heterocycles. The van der Waals surface area contributed by atoms with Crippen LogP contribution in [-0.4, -0.2) is 32.6 Å². The highest BCUT2D eigenvalue weighted by molar-refractivity contribution is 5.82. The van der Waals surface area contributed by atoms with Gasteiger partial charge in [-0.15, -0.1) is 0 Å². The number of fused-ring (bicyclic) bond motifs is 1. The van der Waals surface area contributed by atoms with Crippen molar-refractivity contribution in [1.29, 1.82) is 0 Å². The van der Waals surface area contributed by atoms with Crippen molar-refractivity contribution >= 4 is 16.9 Å². The minimum absolute atomic E-state index is 0.279. The van der Waals surface area contributed by atoms with Crippen molar-refractivity contribution < 1.29 is 13.9 Å². The average molecular weight is 344 g/mol. The zero-order valence-corrected chi connectivity index (χ0v) is 14.1. The van der Waals surface area contributed by atoms with Gasteiger partial charge in [0.05, 0.1) is 24.7 Å². The van der Waals surface area contributed by atoms with Gasteiger partial charge < -0.3 is 4.74 Å². The Balaban J connectivity index is 2.28. The topological polar surface area (TPSA) is 79.0 Å². The van der Waals surface area contributed by atoms with Crippen LogP contribution in [0.15, 0.2) is 35.3 Å². The Bertz CT molecular complexity index is 992. The fourth-order valence-electron chi connectivity index (χ4n) is 2.75. The van der Waals surface area contributed by atoms with E-state index in [1.165, 1.54) is 42.3 Å². The molecule has 0 spiro atoms. The molecule has 0 saturated heterocycles. The van der Waals surface area contributed by atoms with E-state index >= 15 is 0 Å². The highest BCUT2D eigenvalue weighted by atomic mass is 19.1. The summed E-state index contributed by atoms with van der Waals surface area (Å²) in [6.45, 7) is 3.51.